The number of benzene rings is 2. The number of Topliss-reactive ketones (excluding diaryl/α,β-unsaturated/α-hetero) is 1. The van der Waals surface area contributed by atoms with Gasteiger partial charge in [-0.05, 0) is 42.3 Å². The molecule has 2 rings (SSSR count). The predicted molar refractivity (Wildman–Crippen MR) is 68.5 cm³/mol. The van der Waals surface area contributed by atoms with Crippen LogP contribution in [0.25, 0.3) is 11.1 Å². The summed E-state index contributed by atoms with van der Waals surface area (Å²) in [5, 5.41) is 0. The van der Waals surface area contributed by atoms with E-state index in [4.69, 9.17) is 0 Å². The number of halogens is 4. The maximum atomic E-state index is 13.2. The van der Waals surface area contributed by atoms with Crippen LogP contribution in [0.5, 0.6) is 5.75 Å². The highest BCUT2D eigenvalue weighted by Crippen LogP contribution is 2.30. The second-order valence-corrected chi connectivity index (χ2v) is 4.32. The topological polar surface area (TPSA) is 26.3 Å². The second-order valence-electron chi connectivity index (χ2n) is 4.32. The van der Waals surface area contributed by atoms with E-state index < -0.39 is 17.9 Å². The van der Waals surface area contributed by atoms with Crippen LogP contribution in [0, 0.1) is 5.82 Å². The summed E-state index contributed by atoms with van der Waals surface area (Å²) in [6.45, 7) is 1.26. The SMILES string of the molecule is CC(=O)c1cc(F)ccc1-c1cccc(OC(F)(F)F)c1. The first-order valence-electron chi connectivity index (χ1n) is 5.93. The summed E-state index contributed by atoms with van der Waals surface area (Å²) in [4.78, 5) is 11.5. The van der Waals surface area contributed by atoms with Crippen molar-refractivity contribution in [3.8, 4) is 16.9 Å². The minimum Gasteiger partial charge on any atom is -0.406 e. The number of rotatable bonds is 3. The third-order valence-corrected chi connectivity index (χ3v) is 2.74. The summed E-state index contributed by atoms with van der Waals surface area (Å²) in [5.41, 5.74) is 0.776. The maximum absolute atomic E-state index is 13.2. The standard InChI is InChI=1S/C15H10F4O2/c1-9(20)14-8-11(16)5-6-13(14)10-3-2-4-12(7-10)21-15(17,18)19/h2-8H,1H3. The van der Waals surface area contributed by atoms with E-state index in [1.165, 1.54) is 25.1 Å². The van der Waals surface area contributed by atoms with Crippen LogP contribution in [0.15, 0.2) is 42.5 Å². The zero-order valence-electron chi connectivity index (χ0n) is 10.9. The Bertz CT molecular complexity index is 678. The molecule has 6 heteroatoms. The maximum Gasteiger partial charge on any atom is 0.573 e. The molecule has 0 bridgehead atoms. The Morgan fingerprint density at radius 2 is 1.81 bits per heavy atom. The zero-order chi connectivity index (χ0) is 15.6. The van der Waals surface area contributed by atoms with Gasteiger partial charge in [-0.25, -0.2) is 4.39 Å². The molecule has 0 spiro atoms. The molecule has 0 aromatic heterocycles. The molecule has 0 N–H and O–H groups in total. The molecule has 0 fully saturated rings. The molecular formula is C15H10F4O2. The first-order chi connectivity index (χ1) is 9.76. The number of carbonyl (C=O) groups excluding carboxylic acids is 1. The Hall–Kier alpha value is -2.37. The highest BCUT2D eigenvalue weighted by molar-refractivity contribution is 6.00. The number of ketones is 1. The molecule has 0 aliphatic carbocycles. The smallest absolute Gasteiger partial charge is 0.406 e. The summed E-state index contributed by atoms with van der Waals surface area (Å²) >= 11 is 0. The lowest BCUT2D eigenvalue weighted by atomic mass is 9.97. The van der Waals surface area contributed by atoms with Crippen molar-refractivity contribution >= 4 is 5.78 Å². The van der Waals surface area contributed by atoms with Crippen molar-refractivity contribution in [2.24, 2.45) is 0 Å². The van der Waals surface area contributed by atoms with E-state index in [9.17, 15) is 22.4 Å². The Morgan fingerprint density at radius 3 is 2.43 bits per heavy atom. The third-order valence-electron chi connectivity index (χ3n) is 2.74. The Labute approximate surface area is 118 Å². The van der Waals surface area contributed by atoms with Crippen molar-refractivity contribution in [2.75, 3.05) is 0 Å². The Morgan fingerprint density at radius 1 is 1.10 bits per heavy atom. The predicted octanol–water partition coefficient (Wildman–Crippen LogP) is 4.59. The molecule has 0 aliphatic heterocycles. The van der Waals surface area contributed by atoms with Gasteiger partial charge in [-0.2, -0.15) is 0 Å². The van der Waals surface area contributed by atoms with Gasteiger partial charge in [0.15, 0.2) is 5.78 Å². The molecule has 110 valence electrons. The molecule has 21 heavy (non-hydrogen) atoms. The first kappa shape index (κ1) is 15.0. The average Bonchev–Trinajstić information content (AvgIpc) is 2.36. The fraction of sp³-hybridized carbons (Fsp3) is 0.133. The van der Waals surface area contributed by atoms with Crippen molar-refractivity contribution < 1.29 is 27.1 Å². The number of carbonyl (C=O) groups is 1. The van der Waals surface area contributed by atoms with Gasteiger partial charge in [0.05, 0.1) is 0 Å². The van der Waals surface area contributed by atoms with Crippen molar-refractivity contribution in [1.82, 2.24) is 0 Å². The van der Waals surface area contributed by atoms with Crippen molar-refractivity contribution in [3.05, 3.63) is 53.8 Å². The van der Waals surface area contributed by atoms with Gasteiger partial charge >= 0.3 is 6.36 Å². The monoisotopic (exact) mass is 298 g/mol. The molecule has 2 aromatic rings. The molecule has 0 amide bonds. The highest BCUT2D eigenvalue weighted by atomic mass is 19.4. The molecule has 0 radical (unpaired) electrons. The zero-order valence-corrected chi connectivity index (χ0v) is 10.9. The first-order valence-corrected chi connectivity index (χ1v) is 5.93. The summed E-state index contributed by atoms with van der Waals surface area (Å²) in [5.74, 6) is -1.38. The largest absolute Gasteiger partial charge is 0.573 e. The van der Waals surface area contributed by atoms with E-state index in [1.54, 1.807) is 0 Å². The van der Waals surface area contributed by atoms with E-state index in [0.29, 0.717) is 11.1 Å². The van der Waals surface area contributed by atoms with Gasteiger partial charge in [-0.3, -0.25) is 4.79 Å². The van der Waals surface area contributed by atoms with E-state index in [2.05, 4.69) is 4.74 Å². The van der Waals surface area contributed by atoms with Crippen LogP contribution in [0.4, 0.5) is 17.6 Å². The van der Waals surface area contributed by atoms with Crippen LogP contribution in [0.1, 0.15) is 17.3 Å². The molecule has 0 unspecified atom stereocenters. The van der Waals surface area contributed by atoms with Gasteiger partial charge in [0.25, 0.3) is 0 Å². The van der Waals surface area contributed by atoms with Gasteiger partial charge in [-0.15, -0.1) is 13.2 Å². The van der Waals surface area contributed by atoms with Crippen LogP contribution in [-0.2, 0) is 0 Å². The van der Waals surface area contributed by atoms with Gasteiger partial charge in [0.2, 0.25) is 0 Å². The fourth-order valence-electron chi connectivity index (χ4n) is 1.92. The second kappa shape index (κ2) is 5.55. The van der Waals surface area contributed by atoms with E-state index in [1.807, 2.05) is 0 Å². The molecule has 0 saturated heterocycles. The van der Waals surface area contributed by atoms with Gasteiger partial charge in [0, 0.05) is 5.56 Å². The van der Waals surface area contributed by atoms with Crippen molar-refractivity contribution in [2.45, 2.75) is 13.3 Å². The lowest BCUT2D eigenvalue weighted by Crippen LogP contribution is -2.17. The van der Waals surface area contributed by atoms with E-state index in [0.717, 1.165) is 24.3 Å². The summed E-state index contributed by atoms with van der Waals surface area (Å²) < 4.78 is 53.7. The van der Waals surface area contributed by atoms with Crippen LogP contribution >= 0.6 is 0 Å². The molecule has 2 nitrogen and oxygen atoms in total. The number of hydrogen-bond donors (Lipinski definition) is 0. The lowest BCUT2D eigenvalue weighted by molar-refractivity contribution is -0.274. The lowest BCUT2D eigenvalue weighted by Gasteiger charge is -2.11. The normalized spacial score (nSPS) is 11.3. The molecule has 2 aromatic carbocycles. The van der Waals surface area contributed by atoms with Crippen molar-refractivity contribution in [1.29, 1.82) is 0 Å². The Balaban J connectivity index is 2.48. The Kier molecular flexibility index (Phi) is 3.97. The third kappa shape index (κ3) is 3.81. The van der Waals surface area contributed by atoms with Crippen LogP contribution < -0.4 is 4.74 Å². The van der Waals surface area contributed by atoms with E-state index in [-0.39, 0.29) is 11.3 Å². The molecule has 0 atom stereocenters. The number of alkyl halides is 3. The minimum absolute atomic E-state index is 0.0964. The average molecular weight is 298 g/mol. The van der Waals surface area contributed by atoms with E-state index >= 15 is 0 Å². The number of hydrogen-bond acceptors (Lipinski definition) is 2. The van der Waals surface area contributed by atoms with Gasteiger partial charge < -0.3 is 4.74 Å². The van der Waals surface area contributed by atoms with Crippen molar-refractivity contribution in [3.63, 3.8) is 0 Å². The fourth-order valence-corrected chi connectivity index (χ4v) is 1.92. The molecule has 0 saturated carbocycles. The van der Waals surface area contributed by atoms with Gasteiger partial charge in [0.1, 0.15) is 11.6 Å². The minimum atomic E-state index is -4.80. The highest BCUT2D eigenvalue weighted by Gasteiger charge is 2.31. The summed E-state index contributed by atoms with van der Waals surface area (Å²) in [7, 11) is 0. The summed E-state index contributed by atoms with van der Waals surface area (Å²) in [6.07, 6.45) is -4.80. The summed E-state index contributed by atoms with van der Waals surface area (Å²) in [6, 6.07) is 8.71. The number of ether oxygens (including phenoxy) is 1. The van der Waals surface area contributed by atoms with Crippen LogP contribution in [0.3, 0.4) is 0 Å². The van der Waals surface area contributed by atoms with Gasteiger partial charge in [-0.1, -0.05) is 18.2 Å². The quantitative estimate of drug-likeness (QED) is 0.612. The molecule has 0 aliphatic rings. The molecule has 0 heterocycles. The van der Waals surface area contributed by atoms with Crippen LogP contribution in [-0.4, -0.2) is 12.1 Å². The molecular weight excluding hydrogens is 288 g/mol. The van der Waals surface area contributed by atoms with Crippen LogP contribution in [0.2, 0.25) is 0 Å².